The smallest absolute Gasteiger partial charge is 0.329 e. The van der Waals surface area contributed by atoms with Crippen molar-refractivity contribution in [3.8, 4) is 0 Å². The van der Waals surface area contributed by atoms with Crippen LogP contribution in [0.2, 0.25) is 0 Å². The van der Waals surface area contributed by atoms with Crippen molar-refractivity contribution in [3.05, 3.63) is 5.53 Å². The van der Waals surface area contributed by atoms with Gasteiger partial charge in [-0.1, -0.05) is 23.2 Å². The van der Waals surface area contributed by atoms with Gasteiger partial charge in [-0.25, -0.2) is 4.79 Å². The Kier molecular flexibility index (Phi) is 8.17. The highest BCUT2D eigenvalue weighted by atomic mass is 35.5. The minimum Gasteiger partial charge on any atom is -0.458 e. The number of Topliss-reactive ketones (excluding diaryl/α,β-unsaturated/α-hetero) is 1. The lowest BCUT2D eigenvalue weighted by atomic mass is 10.1. The Bertz CT molecular complexity index is 454. The van der Waals surface area contributed by atoms with Crippen molar-refractivity contribution in [2.24, 2.45) is 0 Å². The molecule has 9 heteroatoms. The van der Waals surface area contributed by atoms with Gasteiger partial charge in [0.1, 0.15) is 11.6 Å². The lowest BCUT2D eigenvalue weighted by Gasteiger charge is -2.24. The van der Waals surface area contributed by atoms with Gasteiger partial charge in [-0.05, 0) is 27.2 Å². The lowest BCUT2D eigenvalue weighted by molar-refractivity contribution is -0.158. The minimum atomic E-state index is -1.34. The summed E-state index contributed by atoms with van der Waals surface area (Å²) in [6.45, 7) is 5.00. The van der Waals surface area contributed by atoms with Crippen LogP contribution in [0.5, 0.6) is 0 Å². The number of carbonyl (C=O) groups excluding carboxylic acids is 3. The van der Waals surface area contributed by atoms with Crippen molar-refractivity contribution in [2.75, 3.05) is 0 Å². The van der Waals surface area contributed by atoms with Gasteiger partial charge >= 0.3 is 12.2 Å². The maximum absolute atomic E-state index is 12.0. The van der Waals surface area contributed by atoms with E-state index >= 15 is 0 Å². The number of nitrogens with one attached hydrogen (secondary N) is 1. The Labute approximate surface area is 132 Å². The third-order valence-electron chi connectivity index (χ3n) is 2.09. The zero-order valence-electron chi connectivity index (χ0n) is 11.9. The summed E-state index contributed by atoms with van der Waals surface area (Å²) in [4.78, 5) is 35.9. The number of amides is 1. The fourth-order valence-electron chi connectivity index (χ4n) is 1.27. The van der Waals surface area contributed by atoms with Gasteiger partial charge in [0.15, 0.2) is 4.84 Å². The van der Waals surface area contributed by atoms with Crippen molar-refractivity contribution in [1.82, 2.24) is 5.32 Å². The summed E-state index contributed by atoms with van der Waals surface area (Å²) in [5, 5.41) is 2.30. The summed E-state index contributed by atoms with van der Waals surface area (Å²) in [5.41, 5.74) is 7.48. The number of rotatable bonds is 7. The highest BCUT2D eigenvalue weighted by Gasteiger charge is 2.28. The summed E-state index contributed by atoms with van der Waals surface area (Å²) in [6.07, 6.45) is 0.551. The molecule has 0 rings (SSSR count). The van der Waals surface area contributed by atoms with Gasteiger partial charge in [-0.15, -0.1) is 0 Å². The predicted octanol–water partition coefficient (Wildman–Crippen LogP) is 1.27. The third kappa shape index (κ3) is 9.18. The molecule has 118 valence electrons. The van der Waals surface area contributed by atoms with Crippen molar-refractivity contribution < 1.29 is 23.9 Å². The maximum atomic E-state index is 12.0. The number of hydrogen-bond acceptors (Lipinski definition) is 4. The highest BCUT2D eigenvalue weighted by Crippen LogP contribution is 2.12. The second kappa shape index (κ2) is 8.77. The van der Waals surface area contributed by atoms with E-state index in [2.05, 4.69) is 10.1 Å². The molecule has 0 aromatic heterocycles. The van der Waals surface area contributed by atoms with Crippen molar-refractivity contribution in [3.63, 3.8) is 0 Å². The normalized spacial score (nSPS) is 12.3. The molecule has 0 bridgehead atoms. The van der Waals surface area contributed by atoms with Crippen LogP contribution in [0.25, 0.3) is 5.53 Å². The Morgan fingerprint density at radius 1 is 1.33 bits per heavy atom. The van der Waals surface area contributed by atoms with Crippen LogP contribution in [0.3, 0.4) is 0 Å². The van der Waals surface area contributed by atoms with Crippen molar-refractivity contribution >= 4 is 47.1 Å². The van der Waals surface area contributed by atoms with Gasteiger partial charge < -0.3 is 15.6 Å². The SMILES string of the molecule is CC(C)(C)OC(=O)[C@H](CCC(=O)C=[N+]=[N-])NC(=O)C(Cl)Cl. The number of hydrogen-bond donors (Lipinski definition) is 1. The van der Waals surface area contributed by atoms with Gasteiger partial charge in [0.25, 0.3) is 5.91 Å². The molecule has 1 atom stereocenters. The molecular weight excluding hydrogens is 321 g/mol. The molecule has 21 heavy (non-hydrogen) atoms. The summed E-state index contributed by atoms with van der Waals surface area (Å²) in [5.74, 6) is -1.98. The number of halogens is 2. The number of ether oxygens (including phenoxy) is 1. The largest absolute Gasteiger partial charge is 0.458 e. The molecule has 0 spiro atoms. The molecule has 0 radical (unpaired) electrons. The first-order valence-corrected chi connectivity index (χ1v) is 6.95. The number of alkyl halides is 2. The van der Waals surface area contributed by atoms with E-state index in [0.717, 1.165) is 0 Å². The van der Waals surface area contributed by atoms with E-state index in [1.54, 1.807) is 20.8 Å². The van der Waals surface area contributed by atoms with E-state index in [1.807, 2.05) is 0 Å². The van der Waals surface area contributed by atoms with Gasteiger partial charge in [-0.2, -0.15) is 4.79 Å². The summed E-state index contributed by atoms with van der Waals surface area (Å²) < 4.78 is 5.14. The molecule has 1 N–H and O–H groups in total. The van der Waals surface area contributed by atoms with E-state index < -0.39 is 34.1 Å². The average molecular weight is 338 g/mol. The van der Waals surface area contributed by atoms with Crippen LogP contribution < -0.4 is 5.32 Å². The van der Waals surface area contributed by atoms with E-state index in [4.69, 9.17) is 33.5 Å². The monoisotopic (exact) mass is 337 g/mol. The van der Waals surface area contributed by atoms with Crippen LogP contribution in [0.1, 0.15) is 33.6 Å². The first-order valence-electron chi connectivity index (χ1n) is 6.08. The predicted molar refractivity (Wildman–Crippen MR) is 77.2 cm³/mol. The van der Waals surface area contributed by atoms with E-state index in [1.165, 1.54) is 0 Å². The Balaban J connectivity index is 4.83. The van der Waals surface area contributed by atoms with Gasteiger partial charge in [0, 0.05) is 6.42 Å². The van der Waals surface area contributed by atoms with E-state index in [9.17, 15) is 14.4 Å². The van der Waals surface area contributed by atoms with Crippen LogP contribution in [-0.4, -0.2) is 45.1 Å². The Morgan fingerprint density at radius 3 is 2.33 bits per heavy atom. The molecule has 0 fully saturated rings. The average Bonchev–Trinajstić information content (AvgIpc) is 2.31. The standard InChI is InChI=1S/C12H17Cl2N3O4/c1-12(2,3)21-11(20)8(17-10(19)9(13)14)5-4-7(18)6-16-15/h6,8-9H,4-5H2,1-3H3,(H,17,19)/t8-/m0/s1. The molecule has 0 aromatic rings. The van der Waals surface area contributed by atoms with Crippen molar-refractivity contribution in [2.45, 2.75) is 50.1 Å². The topological polar surface area (TPSA) is 109 Å². The van der Waals surface area contributed by atoms with E-state index in [0.29, 0.717) is 6.21 Å². The second-order valence-corrected chi connectivity index (χ2v) is 6.24. The summed E-state index contributed by atoms with van der Waals surface area (Å²) >= 11 is 10.8. The summed E-state index contributed by atoms with van der Waals surface area (Å²) in [7, 11) is 0. The quantitative estimate of drug-likeness (QED) is 0.248. The first kappa shape index (κ1) is 19.6. The lowest BCUT2D eigenvalue weighted by Crippen LogP contribution is -2.46. The molecule has 0 aliphatic heterocycles. The van der Waals surface area contributed by atoms with Crippen LogP contribution in [0.4, 0.5) is 0 Å². The number of esters is 1. The molecule has 0 aliphatic carbocycles. The zero-order valence-corrected chi connectivity index (χ0v) is 13.4. The minimum absolute atomic E-state index is 0.0357. The van der Waals surface area contributed by atoms with Crippen LogP contribution in [-0.2, 0) is 19.1 Å². The van der Waals surface area contributed by atoms with Crippen LogP contribution in [0.15, 0.2) is 0 Å². The highest BCUT2D eigenvalue weighted by molar-refractivity contribution is 6.53. The molecule has 0 saturated heterocycles. The Hall–Kier alpha value is -1.43. The second-order valence-electron chi connectivity index (χ2n) is 5.14. The maximum Gasteiger partial charge on any atom is 0.329 e. The van der Waals surface area contributed by atoms with E-state index in [-0.39, 0.29) is 12.8 Å². The molecule has 0 aromatic carbocycles. The number of nitrogens with zero attached hydrogens (tertiary/aromatic N) is 2. The molecule has 7 nitrogen and oxygen atoms in total. The zero-order chi connectivity index (χ0) is 16.6. The summed E-state index contributed by atoms with van der Waals surface area (Å²) in [6, 6.07) is -1.08. The van der Waals surface area contributed by atoms with Crippen LogP contribution in [0, 0.1) is 0 Å². The van der Waals surface area contributed by atoms with Gasteiger partial charge in [0.05, 0.1) is 0 Å². The first-order chi connectivity index (χ1) is 9.56. The molecule has 0 unspecified atom stereocenters. The number of carbonyl (C=O) groups is 3. The molecular formula is C12H17Cl2N3O4. The van der Waals surface area contributed by atoms with Gasteiger partial charge in [-0.3, -0.25) is 9.59 Å². The van der Waals surface area contributed by atoms with Crippen LogP contribution >= 0.6 is 23.2 Å². The number of ketones is 1. The fraction of sp³-hybridized carbons (Fsp3) is 0.667. The molecule has 0 saturated carbocycles. The Morgan fingerprint density at radius 2 is 1.90 bits per heavy atom. The molecule has 0 heterocycles. The van der Waals surface area contributed by atoms with Crippen molar-refractivity contribution in [1.29, 1.82) is 0 Å². The third-order valence-corrected chi connectivity index (χ3v) is 2.48. The van der Waals surface area contributed by atoms with Gasteiger partial charge in [0.2, 0.25) is 5.78 Å². The molecule has 0 aliphatic rings. The molecule has 1 amide bonds. The fourth-order valence-corrected chi connectivity index (χ4v) is 1.40.